The highest BCUT2D eigenvalue weighted by atomic mass is 16.4. The molecule has 0 spiro atoms. The molecule has 0 aromatic carbocycles. The van der Waals surface area contributed by atoms with Crippen LogP contribution in [0.3, 0.4) is 0 Å². The Morgan fingerprint density at radius 1 is 1.22 bits per heavy atom. The van der Waals surface area contributed by atoms with Crippen LogP contribution < -0.4 is 5.32 Å². The second-order valence-corrected chi connectivity index (χ2v) is 3.95. The van der Waals surface area contributed by atoms with Crippen molar-refractivity contribution in [3.8, 4) is 0 Å². The van der Waals surface area contributed by atoms with E-state index >= 15 is 0 Å². The number of nitrogens with one attached hydrogen (secondary N) is 1. The molecule has 92 valence electrons. The van der Waals surface area contributed by atoms with E-state index < -0.39 is 5.97 Å². The Balaban J connectivity index is 2.22. The van der Waals surface area contributed by atoms with Crippen molar-refractivity contribution in [1.82, 2.24) is 9.97 Å². The third kappa shape index (κ3) is 2.63. The van der Waals surface area contributed by atoms with Crippen molar-refractivity contribution in [2.24, 2.45) is 0 Å². The Labute approximate surface area is 105 Å². The predicted octanol–water partition coefficient (Wildman–Crippen LogP) is 2.54. The molecule has 2 aromatic rings. The summed E-state index contributed by atoms with van der Waals surface area (Å²) < 4.78 is 0. The van der Waals surface area contributed by atoms with Crippen molar-refractivity contribution in [3.05, 3.63) is 47.4 Å². The number of carbonyl (C=O) groups is 1. The molecule has 18 heavy (non-hydrogen) atoms. The van der Waals surface area contributed by atoms with E-state index in [2.05, 4.69) is 15.3 Å². The average Bonchev–Trinajstić information content (AvgIpc) is 2.32. The van der Waals surface area contributed by atoms with Gasteiger partial charge in [-0.2, -0.15) is 0 Å². The Hall–Kier alpha value is -2.43. The standard InChI is InChI=1S/C13H13N3O2/c1-8-3-4-10(7-14-8)16-12-6-5-11(13(17)18)9(2)15-12/h3-7H,1-2H3,(H,15,16)(H,17,18). The maximum Gasteiger partial charge on any atom is 0.337 e. The summed E-state index contributed by atoms with van der Waals surface area (Å²) in [4.78, 5) is 19.2. The molecule has 0 aliphatic rings. The number of anilines is 2. The highest BCUT2D eigenvalue weighted by Gasteiger charge is 2.08. The first-order valence-corrected chi connectivity index (χ1v) is 5.47. The fourth-order valence-electron chi connectivity index (χ4n) is 1.55. The third-order valence-corrected chi connectivity index (χ3v) is 2.50. The van der Waals surface area contributed by atoms with Gasteiger partial charge in [-0.25, -0.2) is 9.78 Å². The fourth-order valence-corrected chi connectivity index (χ4v) is 1.55. The van der Waals surface area contributed by atoms with Gasteiger partial charge >= 0.3 is 5.97 Å². The van der Waals surface area contributed by atoms with Crippen molar-refractivity contribution in [2.45, 2.75) is 13.8 Å². The van der Waals surface area contributed by atoms with Crippen molar-refractivity contribution < 1.29 is 9.90 Å². The van der Waals surface area contributed by atoms with Gasteiger partial charge in [-0.1, -0.05) is 0 Å². The van der Waals surface area contributed by atoms with Crippen molar-refractivity contribution in [1.29, 1.82) is 0 Å². The number of aromatic nitrogens is 2. The topological polar surface area (TPSA) is 75.1 Å². The molecule has 2 aromatic heterocycles. The van der Waals surface area contributed by atoms with Gasteiger partial charge < -0.3 is 10.4 Å². The van der Waals surface area contributed by atoms with Crippen LogP contribution in [-0.4, -0.2) is 21.0 Å². The van der Waals surface area contributed by atoms with Gasteiger partial charge in [0.2, 0.25) is 0 Å². The molecular formula is C13H13N3O2. The third-order valence-electron chi connectivity index (χ3n) is 2.50. The maximum absolute atomic E-state index is 10.9. The van der Waals surface area contributed by atoms with E-state index in [0.717, 1.165) is 11.4 Å². The van der Waals surface area contributed by atoms with Gasteiger partial charge in [0.15, 0.2) is 0 Å². The number of rotatable bonds is 3. The van der Waals surface area contributed by atoms with Crippen LogP contribution in [0.4, 0.5) is 11.5 Å². The Kier molecular flexibility index (Phi) is 3.23. The lowest BCUT2D eigenvalue weighted by atomic mass is 10.2. The van der Waals surface area contributed by atoms with E-state index in [9.17, 15) is 4.79 Å². The molecule has 0 amide bonds. The molecule has 0 fully saturated rings. The minimum atomic E-state index is -0.969. The molecule has 0 unspecified atom stereocenters. The number of aromatic carboxylic acids is 1. The van der Waals surface area contributed by atoms with Gasteiger partial charge in [-0.05, 0) is 38.1 Å². The van der Waals surface area contributed by atoms with E-state index in [0.29, 0.717) is 11.5 Å². The Morgan fingerprint density at radius 2 is 2.00 bits per heavy atom. The van der Waals surface area contributed by atoms with Gasteiger partial charge in [0.05, 0.1) is 23.1 Å². The second kappa shape index (κ2) is 4.83. The van der Waals surface area contributed by atoms with Crippen LogP contribution in [0, 0.1) is 13.8 Å². The smallest absolute Gasteiger partial charge is 0.337 e. The number of carboxylic acid groups (broad SMARTS) is 1. The fraction of sp³-hybridized carbons (Fsp3) is 0.154. The summed E-state index contributed by atoms with van der Waals surface area (Å²) in [7, 11) is 0. The van der Waals surface area contributed by atoms with Gasteiger partial charge in [0, 0.05) is 5.69 Å². The van der Waals surface area contributed by atoms with E-state index in [-0.39, 0.29) is 5.56 Å². The van der Waals surface area contributed by atoms with Crippen molar-refractivity contribution in [2.75, 3.05) is 5.32 Å². The summed E-state index contributed by atoms with van der Waals surface area (Å²) in [5, 5.41) is 12.0. The molecule has 5 nitrogen and oxygen atoms in total. The molecule has 0 radical (unpaired) electrons. The number of hydrogen-bond donors (Lipinski definition) is 2. The zero-order chi connectivity index (χ0) is 13.1. The minimum absolute atomic E-state index is 0.211. The molecular weight excluding hydrogens is 230 g/mol. The summed E-state index contributed by atoms with van der Waals surface area (Å²) in [5.74, 6) is -0.369. The lowest BCUT2D eigenvalue weighted by Gasteiger charge is -2.07. The summed E-state index contributed by atoms with van der Waals surface area (Å²) in [5.41, 5.74) is 2.44. The van der Waals surface area contributed by atoms with Crippen LogP contribution in [0.15, 0.2) is 30.5 Å². The van der Waals surface area contributed by atoms with Crippen molar-refractivity contribution >= 4 is 17.5 Å². The predicted molar refractivity (Wildman–Crippen MR) is 68.2 cm³/mol. The molecule has 2 rings (SSSR count). The molecule has 0 saturated heterocycles. The average molecular weight is 243 g/mol. The van der Waals surface area contributed by atoms with Crippen LogP contribution in [0.2, 0.25) is 0 Å². The van der Waals surface area contributed by atoms with Crippen LogP contribution in [0.1, 0.15) is 21.7 Å². The van der Waals surface area contributed by atoms with E-state index in [1.54, 1.807) is 19.2 Å². The first kappa shape index (κ1) is 12.0. The second-order valence-electron chi connectivity index (χ2n) is 3.95. The number of aryl methyl sites for hydroxylation is 2. The monoisotopic (exact) mass is 243 g/mol. The lowest BCUT2D eigenvalue weighted by Crippen LogP contribution is -2.03. The minimum Gasteiger partial charge on any atom is -0.478 e. The van der Waals surface area contributed by atoms with Crippen LogP contribution >= 0.6 is 0 Å². The van der Waals surface area contributed by atoms with Crippen molar-refractivity contribution in [3.63, 3.8) is 0 Å². The van der Waals surface area contributed by atoms with Crippen LogP contribution in [0.25, 0.3) is 0 Å². The number of carboxylic acids is 1. The Morgan fingerprint density at radius 3 is 2.56 bits per heavy atom. The summed E-state index contributed by atoms with van der Waals surface area (Å²) in [6.45, 7) is 3.58. The quantitative estimate of drug-likeness (QED) is 0.866. The van der Waals surface area contributed by atoms with Gasteiger partial charge in [-0.3, -0.25) is 4.98 Å². The number of hydrogen-bond acceptors (Lipinski definition) is 4. The zero-order valence-electron chi connectivity index (χ0n) is 10.1. The van der Waals surface area contributed by atoms with E-state index in [4.69, 9.17) is 5.11 Å². The van der Waals surface area contributed by atoms with Gasteiger partial charge in [-0.15, -0.1) is 0 Å². The highest BCUT2D eigenvalue weighted by Crippen LogP contribution is 2.16. The SMILES string of the molecule is Cc1ccc(Nc2ccc(C(=O)O)c(C)n2)cn1. The highest BCUT2D eigenvalue weighted by molar-refractivity contribution is 5.89. The first-order valence-electron chi connectivity index (χ1n) is 5.47. The van der Waals surface area contributed by atoms with E-state index in [1.165, 1.54) is 6.07 Å². The zero-order valence-corrected chi connectivity index (χ0v) is 10.1. The molecule has 2 heterocycles. The molecule has 0 aliphatic carbocycles. The lowest BCUT2D eigenvalue weighted by molar-refractivity contribution is 0.0695. The van der Waals surface area contributed by atoms with Crippen LogP contribution in [-0.2, 0) is 0 Å². The summed E-state index contributed by atoms with van der Waals surface area (Å²) >= 11 is 0. The summed E-state index contributed by atoms with van der Waals surface area (Å²) in [6.07, 6.45) is 1.71. The van der Waals surface area contributed by atoms with Crippen LogP contribution in [0.5, 0.6) is 0 Å². The normalized spacial score (nSPS) is 10.1. The Bertz CT molecular complexity index is 579. The molecule has 0 saturated carbocycles. The van der Waals surface area contributed by atoms with Gasteiger partial charge in [0.1, 0.15) is 5.82 Å². The summed E-state index contributed by atoms with van der Waals surface area (Å²) in [6, 6.07) is 6.95. The molecule has 0 atom stereocenters. The largest absolute Gasteiger partial charge is 0.478 e. The molecule has 2 N–H and O–H groups in total. The number of pyridine rings is 2. The first-order chi connectivity index (χ1) is 8.56. The van der Waals surface area contributed by atoms with E-state index in [1.807, 2.05) is 19.1 Å². The number of nitrogens with zero attached hydrogens (tertiary/aromatic N) is 2. The molecule has 5 heteroatoms. The van der Waals surface area contributed by atoms with Gasteiger partial charge in [0.25, 0.3) is 0 Å². The molecule has 0 bridgehead atoms. The maximum atomic E-state index is 10.9. The molecule has 0 aliphatic heterocycles.